The Kier molecular flexibility index (Phi) is 3.84. The summed E-state index contributed by atoms with van der Waals surface area (Å²) < 4.78 is 0. The quantitative estimate of drug-likeness (QED) is 0.817. The van der Waals surface area contributed by atoms with Crippen molar-refractivity contribution in [1.82, 2.24) is 5.32 Å². The summed E-state index contributed by atoms with van der Waals surface area (Å²) in [5, 5.41) is 14.0. The predicted octanol–water partition coefficient (Wildman–Crippen LogP) is 3.26. The molecule has 4 bridgehead atoms. The molecule has 0 aromatic rings. The number of nitrogens with one attached hydrogen (secondary N) is 1. The molecule has 0 saturated heterocycles. The Morgan fingerprint density at radius 1 is 1.14 bits per heavy atom. The fourth-order valence-electron chi connectivity index (χ4n) is 5.51. The van der Waals surface area contributed by atoms with Crippen LogP contribution in [0.4, 0.5) is 0 Å². The van der Waals surface area contributed by atoms with Crippen molar-refractivity contribution < 1.29 is 9.90 Å². The summed E-state index contributed by atoms with van der Waals surface area (Å²) in [7, 11) is 0. The number of hydrogen-bond donors (Lipinski definition) is 2. The van der Waals surface area contributed by atoms with Crippen LogP contribution in [0.3, 0.4) is 0 Å². The van der Waals surface area contributed by atoms with Crippen LogP contribution in [0.1, 0.15) is 72.1 Å². The smallest absolute Gasteiger partial charge is 0.226 e. The van der Waals surface area contributed by atoms with Crippen molar-refractivity contribution in [3.63, 3.8) is 0 Å². The van der Waals surface area contributed by atoms with E-state index in [9.17, 15) is 9.90 Å². The summed E-state index contributed by atoms with van der Waals surface area (Å²) in [5.41, 5.74) is -0.798. The molecule has 0 heterocycles. The molecule has 3 nitrogen and oxygen atoms in total. The Morgan fingerprint density at radius 2 is 1.76 bits per heavy atom. The summed E-state index contributed by atoms with van der Waals surface area (Å²) in [6.45, 7) is 6.57. The van der Waals surface area contributed by atoms with Gasteiger partial charge in [-0.1, -0.05) is 13.8 Å². The Balaban J connectivity index is 1.64. The lowest BCUT2D eigenvalue weighted by Gasteiger charge is -2.59. The van der Waals surface area contributed by atoms with Gasteiger partial charge in [0, 0.05) is 6.04 Å². The van der Waals surface area contributed by atoms with Gasteiger partial charge in [0.25, 0.3) is 0 Å². The molecule has 3 atom stereocenters. The lowest BCUT2D eigenvalue weighted by atomic mass is 9.47. The number of aliphatic hydroxyl groups is 1. The second-order valence-corrected chi connectivity index (χ2v) is 8.81. The number of amides is 1. The first-order chi connectivity index (χ1) is 9.80. The highest BCUT2D eigenvalue weighted by Gasteiger charge is 2.60. The van der Waals surface area contributed by atoms with E-state index in [-0.39, 0.29) is 17.4 Å². The van der Waals surface area contributed by atoms with Gasteiger partial charge in [-0.15, -0.1) is 0 Å². The van der Waals surface area contributed by atoms with Gasteiger partial charge in [0.15, 0.2) is 0 Å². The molecule has 0 radical (unpaired) electrons. The van der Waals surface area contributed by atoms with E-state index in [2.05, 4.69) is 26.1 Å². The van der Waals surface area contributed by atoms with E-state index in [1.807, 2.05) is 0 Å². The minimum Gasteiger partial charge on any atom is -0.390 e. The van der Waals surface area contributed by atoms with Crippen molar-refractivity contribution in [2.45, 2.75) is 83.8 Å². The van der Waals surface area contributed by atoms with Crippen LogP contribution in [0.25, 0.3) is 0 Å². The second-order valence-electron chi connectivity index (χ2n) is 8.81. The third-order valence-corrected chi connectivity index (χ3v) is 6.07. The molecular formula is C18H31NO2. The third-order valence-electron chi connectivity index (χ3n) is 6.07. The van der Waals surface area contributed by atoms with E-state index in [4.69, 9.17) is 0 Å². The van der Waals surface area contributed by atoms with Gasteiger partial charge in [0.2, 0.25) is 5.91 Å². The molecule has 0 spiro atoms. The number of rotatable bonds is 5. The third kappa shape index (κ3) is 2.99. The van der Waals surface area contributed by atoms with Gasteiger partial charge >= 0.3 is 0 Å². The average Bonchev–Trinajstić information content (AvgIpc) is 2.33. The highest BCUT2D eigenvalue weighted by atomic mass is 16.3. The second kappa shape index (κ2) is 5.26. The van der Waals surface area contributed by atoms with Gasteiger partial charge in [0.05, 0.1) is 11.0 Å². The zero-order valence-electron chi connectivity index (χ0n) is 13.8. The molecule has 0 aromatic carbocycles. The van der Waals surface area contributed by atoms with E-state index in [0.717, 1.165) is 38.5 Å². The highest BCUT2D eigenvalue weighted by Crippen LogP contribution is 2.61. The molecule has 21 heavy (non-hydrogen) atoms. The average molecular weight is 293 g/mol. The van der Waals surface area contributed by atoms with Crippen molar-refractivity contribution in [1.29, 1.82) is 0 Å². The number of carbonyl (C=O) groups excluding carboxylic acids is 1. The van der Waals surface area contributed by atoms with Crippen molar-refractivity contribution in [2.75, 3.05) is 0 Å². The number of carbonyl (C=O) groups is 1. The van der Waals surface area contributed by atoms with E-state index in [1.165, 1.54) is 6.42 Å². The van der Waals surface area contributed by atoms with Crippen LogP contribution in [-0.2, 0) is 4.79 Å². The zero-order chi connectivity index (χ0) is 15.3. The Hall–Kier alpha value is -0.570. The Labute approximate surface area is 128 Å². The van der Waals surface area contributed by atoms with Crippen molar-refractivity contribution >= 4 is 5.91 Å². The molecule has 0 aliphatic heterocycles. The summed E-state index contributed by atoms with van der Waals surface area (Å²) in [5.74, 6) is 2.07. The molecule has 4 aliphatic carbocycles. The van der Waals surface area contributed by atoms with Gasteiger partial charge < -0.3 is 10.4 Å². The van der Waals surface area contributed by atoms with E-state index >= 15 is 0 Å². The Bertz CT molecular complexity index is 403. The van der Waals surface area contributed by atoms with Crippen LogP contribution in [0.2, 0.25) is 0 Å². The van der Waals surface area contributed by atoms with Crippen LogP contribution in [-0.4, -0.2) is 22.7 Å². The predicted molar refractivity (Wildman–Crippen MR) is 83.7 cm³/mol. The minimum atomic E-state index is -0.539. The molecule has 3 heteroatoms. The van der Waals surface area contributed by atoms with Crippen molar-refractivity contribution in [2.24, 2.45) is 23.2 Å². The minimum absolute atomic E-state index is 0.228. The summed E-state index contributed by atoms with van der Waals surface area (Å²) in [4.78, 5) is 12.9. The standard InChI is InChI=1S/C18H31NO2/c1-12(2)4-5-13(3)19-16(20)17-7-14-6-15(8-17)10-18(21,9-14)11-17/h12-15,21H,4-11H2,1-3H3,(H,19,20). The van der Waals surface area contributed by atoms with E-state index in [1.54, 1.807) is 0 Å². The molecule has 4 saturated carbocycles. The molecule has 3 unspecified atom stereocenters. The van der Waals surface area contributed by atoms with E-state index in [0.29, 0.717) is 24.2 Å². The van der Waals surface area contributed by atoms with Gasteiger partial charge in [-0.25, -0.2) is 0 Å². The van der Waals surface area contributed by atoms with Crippen molar-refractivity contribution in [3.8, 4) is 0 Å². The van der Waals surface area contributed by atoms with Crippen LogP contribution in [0.5, 0.6) is 0 Å². The fraction of sp³-hybridized carbons (Fsp3) is 0.944. The van der Waals surface area contributed by atoms with Crippen molar-refractivity contribution in [3.05, 3.63) is 0 Å². The van der Waals surface area contributed by atoms with Gasteiger partial charge in [-0.2, -0.15) is 0 Å². The maximum absolute atomic E-state index is 12.9. The molecule has 0 aromatic heterocycles. The first kappa shape index (κ1) is 15.3. The van der Waals surface area contributed by atoms with Gasteiger partial charge in [-0.05, 0) is 76.0 Å². The molecule has 1 amide bonds. The molecule has 2 N–H and O–H groups in total. The molecule has 120 valence electrons. The van der Waals surface area contributed by atoms with Crippen LogP contribution in [0, 0.1) is 23.2 Å². The molecule has 4 aliphatic rings. The maximum atomic E-state index is 12.9. The first-order valence-corrected chi connectivity index (χ1v) is 8.84. The lowest BCUT2D eigenvalue weighted by Crippen LogP contribution is -2.61. The monoisotopic (exact) mass is 293 g/mol. The summed E-state index contributed by atoms with van der Waals surface area (Å²) >= 11 is 0. The zero-order valence-corrected chi connectivity index (χ0v) is 13.8. The van der Waals surface area contributed by atoms with Crippen LogP contribution in [0.15, 0.2) is 0 Å². The molecule has 4 rings (SSSR count). The maximum Gasteiger partial charge on any atom is 0.226 e. The SMILES string of the molecule is CC(C)CCC(C)NC(=O)C12CC3CC(CC(O)(C3)C1)C2. The topological polar surface area (TPSA) is 49.3 Å². The van der Waals surface area contributed by atoms with E-state index < -0.39 is 5.60 Å². The summed E-state index contributed by atoms with van der Waals surface area (Å²) in [6, 6.07) is 0.252. The fourth-order valence-corrected chi connectivity index (χ4v) is 5.51. The molecule has 4 fully saturated rings. The lowest BCUT2D eigenvalue weighted by molar-refractivity contribution is -0.178. The summed E-state index contributed by atoms with van der Waals surface area (Å²) in [6.07, 6.45) is 8.03. The Morgan fingerprint density at radius 3 is 2.29 bits per heavy atom. The van der Waals surface area contributed by atoms with Gasteiger partial charge in [0.1, 0.15) is 0 Å². The number of hydrogen-bond acceptors (Lipinski definition) is 2. The normalized spacial score (nSPS) is 42.3. The van der Waals surface area contributed by atoms with Crippen LogP contribution < -0.4 is 5.32 Å². The van der Waals surface area contributed by atoms with Gasteiger partial charge in [-0.3, -0.25) is 4.79 Å². The molecular weight excluding hydrogens is 262 g/mol. The van der Waals surface area contributed by atoms with Crippen LogP contribution >= 0.6 is 0 Å². The highest BCUT2D eigenvalue weighted by molar-refractivity contribution is 5.83. The first-order valence-electron chi connectivity index (χ1n) is 8.84. The largest absolute Gasteiger partial charge is 0.390 e.